The Morgan fingerprint density at radius 2 is 2.35 bits per heavy atom. The van der Waals surface area contributed by atoms with Crippen molar-refractivity contribution in [2.45, 2.75) is 25.8 Å². The van der Waals surface area contributed by atoms with Crippen LogP contribution in [-0.2, 0) is 4.74 Å². The highest BCUT2D eigenvalue weighted by molar-refractivity contribution is 5.92. The summed E-state index contributed by atoms with van der Waals surface area (Å²) in [7, 11) is 3.74. The monoisotopic (exact) mass is 316 g/mol. The van der Waals surface area contributed by atoms with Gasteiger partial charge in [-0.1, -0.05) is 0 Å². The Labute approximate surface area is 137 Å². The fraction of sp³-hybridized carbons (Fsp3) is 0.588. The molecule has 0 N–H and O–H groups in total. The van der Waals surface area contributed by atoms with Crippen LogP contribution < -0.4 is 0 Å². The minimum absolute atomic E-state index is 0.0415. The van der Waals surface area contributed by atoms with Gasteiger partial charge in [0.15, 0.2) is 0 Å². The Hall–Kier alpha value is -1.97. The maximum Gasteiger partial charge on any atom is 0.272 e. The van der Waals surface area contributed by atoms with Gasteiger partial charge in [0.2, 0.25) is 0 Å². The molecule has 1 aromatic rings. The van der Waals surface area contributed by atoms with Gasteiger partial charge in [-0.25, -0.2) is 4.98 Å². The van der Waals surface area contributed by atoms with Gasteiger partial charge in [0, 0.05) is 32.8 Å². The van der Waals surface area contributed by atoms with E-state index in [-0.39, 0.29) is 11.9 Å². The van der Waals surface area contributed by atoms with E-state index in [0.29, 0.717) is 23.6 Å². The second-order valence-corrected chi connectivity index (χ2v) is 5.99. The molecule has 6 heteroatoms. The SMILES string of the molecule is COCCN(C)C[C@H]1CCCN1C(=O)c1ccc(C#N)c(C)n1. The number of carbonyl (C=O) groups is 1. The number of carbonyl (C=O) groups excluding carboxylic acids is 1. The number of pyridine rings is 1. The first-order valence-corrected chi connectivity index (χ1v) is 7.93. The summed E-state index contributed by atoms with van der Waals surface area (Å²) in [6.07, 6.45) is 2.03. The van der Waals surface area contributed by atoms with Crippen molar-refractivity contribution < 1.29 is 9.53 Å². The van der Waals surface area contributed by atoms with Crippen LogP contribution in [0.3, 0.4) is 0 Å². The summed E-state index contributed by atoms with van der Waals surface area (Å²) >= 11 is 0. The fourth-order valence-corrected chi connectivity index (χ4v) is 2.94. The molecule has 0 aliphatic carbocycles. The predicted molar refractivity (Wildman–Crippen MR) is 87.1 cm³/mol. The number of aryl methyl sites for hydroxylation is 1. The molecular weight excluding hydrogens is 292 g/mol. The van der Waals surface area contributed by atoms with E-state index in [1.165, 1.54) is 0 Å². The highest BCUT2D eigenvalue weighted by atomic mass is 16.5. The molecule has 124 valence electrons. The van der Waals surface area contributed by atoms with E-state index < -0.39 is 0 Å². The molecule has 0 saturated carbocycles. The maximum atomic E-state index is 12.7. The van der Waals surface area contributed by atoms with Crippen LogP contribution in [-0.4, -0.2) is 67.1 Å². The van der Waals surface area contributed by atoms with Crippen molar-refractivity contribution in [1.82, 2.24) is 14.8 Å². The van der Waals surface area contributed by atoms with E-state index >= 15 is 0 Å². The van der Waals surface area contributed by atoms with E-state index in [2.05, 4.69) is 16.0 Å². The lowest BCUT2D eigenvalue weighted by Gasteiger charge is -2.28. The molecule has 2 rings (SSSR count). The van der Waals surface area contributed by atoms with E-state index in [1.807, 2.05) is 11.9 Å². The topological polar surface area (TPSA) is 69.5 Å². The second kappa shape index (κ2) is 8.04. The molecule has 0 aromatic carbocycles. The lowest BCUT2D eigenvalue weighted by atomic mass is 10.1. The Balaban J connectivity index is 2.05. The largest absolute Gasteiger partial charge is 0.383 e. The molecule has 23 heavy (non-hydrogen) atoms. The standard InChI is InChI=1S/C17H24N4O2/c1-13-14(11-18)6-7-16(19-13)17(22)21-8-4-5-15(21)12-20(2)9-10-23-3/h6-7,15H,4-5,8-10,12H2,1-3H3/t15-/m1/s1. The number of nitrogens with zero attached hydrogens (tertiary/aromatic N) is 4. The van der Waals surface area contributed by atoms with Crippen LogP contribution in [0, 0.1) is 18.3 Å². The van der Waals surface area contributed by atoms with Crippen molar-refractivity contribution in [1.29, 1.82) is 5.26 Å². The van der Waals surface area contributed by atoms with Gasteiger partial charge >= 0.3 is 0 Å². The van der Waals surface area contributed by atoms with Gasteiger partial charge in [-0.2, -0.15) is 5.26 Å². The number of amides is 1. The first-order chi connectivity index (χ1) is 11.1. The summed E-state index contributed by atoms with van der Waals surface area (Å²) in [5, 5.41) is 8.97. The zero-order valence-corrected chi connectivity index (χ0v) is 14.1. The van der Waals surface area contributed by atoms with Gasteiger partial charge in [-0.15, -0.1) is 0 Å². The number of hydrogen-bond donors (Lipinski definition) is 0. The van der Waals surface area contributed by atoms with Crippen molar-refractivity contribution in [3.8, 4) is 6.07 Å². The lowest BCUT2D eigenvalue weighted by Crippen LogP contribution is -2.43. The number of likely N-dealkylation sites (tertiary alicyclic amines) is 1. The Kier molecular flexibility index (Phi) is 6.08. The first kappa shape index (κ1) is 17.4. The van der Waals surface area contributed by atoms with Crippen LogP contribution in [0.15, 0.2) is 12.1 Å². The predicted octanol–water partition coefficient (Wildman–Crippen LogP) is 1.44. The third-order valence-corrected chi connectivity index (χ3v) is 4.26. The minimum Gasteiger partial charge on any atom is -0.383 e. The number of ether oxygens (including phenoxy) is 1. The quantitative estimate of drug-likeness (QED) is 0.794. The van der Waals surface area contributed by atoms with Gasteiger partial charge in [0.1, 0.15) is 11.8 Å². The Morgan fingerprint density at radius 3 is 3.00 bits per heavy atom. The number of methoxy groups -OCH3 is 1. The van der Waals surface area contributed by atoms with Crippen LogP contribution >= 0.6 is 0 Å². The van der Waals surface area contributed by atoms with Crippen molar-refractivity contribution in [2.75, 3.05) is 40.4 Å². The van der Waals surface area contributed by atoms with Crippen molar-refractivity contribution in [3.05, 3.63) is 29.1 Å². The van der Waals surface area contributed by atoms with E-state index in [9.17, 15) is 4.79 Å². The molecule has 1 aliphatic rings. The van der Waals surface area contributed by atoms with E-state index in [4.69, 9.17) is 10.00 Å². The molecule has 1 atom stereocenters. The summed E-state index contributed by atoms with van der Waals surface area (Å²) in [6, 6.07) is 5.61. The molecule has 0 radical (unpaired) electrons. The van der Waals surface area contributed by atoms with Gasteiger partial charge in [0.05, 0.1) is 17.9 Å². The molecule has 0 unspecified atom stereocenters. The average molecular weight is 316 g/mol. The number of likely N-dealkylation sites (N-methyl/N-ethyl adjacent to an activating group) is 1. The minimum atomic E-state index is -0.0415. The number of aromatic nitrogens is 1. The van der Waals surface area contributed by atoms with Crippen molar-refractivity contribution in [2.24, 2.45) is 0 Å². The van der Waals surface area contributed by atoms with Gasteiger partial charge in [0.25, 0.3) is 5.91 Å². The normalized spacial score (nSPS) is 17.5. The molecule has 6 nitrogen and oxygen atoms in total. The summed E-state index contributed by atoms with van der Waals surface area (Å²) in [5.74, 6) is -0.0415. The number of rotatable bonds is 6. The first-order valence-electron chi connectivity index (χ1n) is 7.93. The second-order valence-electron chi connectivity index (χ2n) is 5.99. The van der Waals surface area contributed by atoms with Crippen LogP contribution in [0.5, 0.6) is 0 Å². The highest BCUT2D eigenvalue weighted by Crippen LogP contribution is 2.20. The smallest absolute Gasteiger partial charge is 0.272 e. The number of nitriles is 1. The maximum absolute atomic E-state index is 12.7. The summed E-state index contributed by atoms with van der Waals surface area (Å²) in [6.45, 7) is 4.90. The third-order valence-electron chi connectivity index (χ3n) is 4.26. The molecule has 1 aromatic heterocycles. The van der Waals surface area contributed by atoms with Crippen LogP contribution in [0.4, 0.5) is 0 Å². The molecule has 0 spiro atoms. The molecule has 1 aliphatic heterocycles. The molecular formula is C17H24N4O2. The van der Waals surface area contributed by atoms with Crippen molar-refractivity contribution in [3.63, 3.8) is 0 Å². The van der Waals surface area contributed by atoms with Crippen molar-refractivity contribution >= 4 is 5.91 Å². The van der Waals surface area contributed by atoms with E-state index in [1.54, 1.807) is 26.2 Å². The molecule has 1 fully saturated rings. The van der Waals surface area contributed by atoms with E-state index in [0.717, 1.165) is 32.5 Å². The van der Waals surface area contributed by atoms with Gasteiger partial charge < -0.3 is 14.5 Å². The highest BCUT2D eigenvalue weighted by Gasteiger charge is 2.30. The summed E-state index contributed by atoms with van der Waals surface area (Å²) in [5.41, 5.74) is 1.54. The van der Waals surface area contributed by atoms with Crippen LogP contribution in [0.1, 0.15) is 34.6 Å². The van der Waals surface area contributed by atoms with Crippen LogP contribution in [0.25, 0.3) is 0 Å². The Bertz CT molecular complexity index is 597. The van der Waals surface area contributed by atoms with Crippen LogP contribution in [0.2, 0.25) is 0 Å². The average Bonchev–Trinajstić information content (AvgIpc) is 3.00. The molecule has 2 heterocycles. The third kappa shape index (κ3) is 4.27. The molecule has 0 bridgehead atoms. The molecule has 1 amide bonds. The van der Waals surface area contributed by atoms with Gasteiger partial charge in [-0.05, 0) is 38.9 Å². The molecule has 1 saturated heterocycles. The fourth-order valence-electron chi connectivity index (χ4n) is 2.94. The number of hydrogen-bond acceptors (Lipinski definition) is 5. The Morgan fingerprint density at radius 1 is 1.57 bits per heavy atom. The zero-order chi connectivity index (χ0) is 16.8. The summed E-state index contributed by atoms with van der Waals surface area (Å²) in [4.78, 5) is 21.2. The summed E-state index contributed by atoms with van der Waals surface area (Å²) < 4.78 is 5.10. The lowest BCUT2D eigenvalue weighted by molar-refractivity contribution is 0.0692. The van der Waals surface area contributed by atoms with Gasteiger partial charge in [-0.3, -0.25) is 4.79 Å². The zero-order valence-electron chi connectivity index (χ0n) is 14.1.